The topological polar surface area (TPSA) is 43.4 Å². The summed E-state index contributed by atoms with van der Waals surface area (Å²) in [6.45, 7) is 14.3. The van der Waals surface area contributed by atoms with Gasteiger partial charge in [-0.15, -0.1) is 0 Å². The highest BCUT2D eigenvalue weighted by molar-refractivity contribution is 8.13. The molecular weight excluding hydrogens is 472 g/mol. The normalized spacial score (nSPS) is 13.6. The zero-order valence-corrected chi connectivity index (χ0v) is 25.0. The van der Waals surface area contributed by atoms with Crippen molar-refractivity contribution >= 4 is 33.8 Å². The number of rotatable bonds is 17. The quantitative estimate of drug-likeness (QED) is 0.191. The maximum atomic E-state index is 11.4. The van der Waals surface area contributed by atoms with E-state index < -0.39 is 0 Å². The highest BCUT2D eigenvalue weighted by Crippen LogP contribution is 2.29. The van der Waals surface area contributed by atoms with E-state index in [9.17, 15) is 9.59 Å². The van der Waals surface area contributed by atoms with Crippen LogP contribution in [0.25, 0.3) is 0 Å². The van der Waals surface area contributed by atoms with E-state index in [1.54, 1.807) is 13.8 Å². The Morgan fingerprint density at radius 3 is 2.03 bits per heavy atom. The average molecular weight is 523 g/mol. The third-order valence-corrected chi connectivity index (χ3v) is 7.80. The number of ether oxygens (including phenoxy) is 1. The second-order valence-corrected chi connectivity index (χ2v) is 13.3. The SMILES string of the molecule is CCCCCCCCC(CC(C)c1ccc(CCSC(C)=O)c(CCSC(C)=O)c1)OC(C)(C)C. The first-order chi connectivity index (χ1) is 16.5. The van der Waals surface area contributed by atoms with E-state index in [-0.39, 0.29) is 21.9 Å². The second kappa shape index (κ2) is 17.6. The molecule has 0 amide bonds. The Labute approximate surface area is 224 Å². The lowest BCUT2D eigenvalue weighted by atomic mass is 9.89. The molecule has 0 heterocycles. The van der Waals surface area contributed by atoms with Gasteiger partial charge in [-0.3, -0.25) is 9.59 Å². The Bertz CT molecular complexity index is 754. The van der Waals surface area contributed by atoms with Crippen molar-refractivity contribution in [1.82, 2.24) is 0 Å². The number of hydrogen-bond acceptors (Lipinski definition) is 5. The Hall–Kier alpha value is -0.780. The van der Waals surface area contributed by atoms with Crippen molar-refractivity contribution in [2.24, 2.45) is 0 Å². The number of benzene rings is 1. The summed E-state index contributed by atoms with van der Waals surface area (Å²) < 4.78 is 6.50. The summed E-state index contributed by atoms with van der Waals surface area (Å²) in [5.41, 5.74) is 3.83. The molecule has 3 nitrogen and oxygen atoms in total. The zero-order chi connectivity index (χ0) is 26.3. The molecule has 0 aliphatic heterocycles. The largest absolute Gasteiger partial charge is 0.373 e. The van der Waals surface area contributed by atoms with Gasteiger partial charge in [0, 0.05) is 25.4 Å². The van der Waals surface area contributed by atoms with E-state index in [1.165, 1.54) is 78.7 Å². The van der Waals surface area contributed by atoms with E-state index in [0.717, 1.165) is 37.2 Å². The smallest absolute Gasteiger partial charge is 0.185 e. The molecule has 1 aromatic rings. The van der Waals surface area contributed by atoms with Gasteiger partial charge in [0.1, 0.15) is 0 Å². The Morgan fingerprint density at radius 1 is 0.886 bits per heavy atom. The first kappa shape index (κ1) is 32.2. The standard InChI is InChI=1S/C30H50O3S2/c1-8-9-10-11-12-13-14-29(33-30(5,6)7)21-23(2)27-16-15-26(17-19-34-24(3)31)28(22-27)18-20-35-25(4)32/h15-16,22-23,29H,8-14,17-21H2,1-7H3. The van der Waals surface area contributed by atoms with Gasteiger partial charge in [-0.25, -0.2) is 0 Å². The molecule has 0 aromatic heterocycles. The summed E-state index contributed by atoms with van der Waals surface area (Å²) in [7, 11) is 0. The molecule has 2 atom stereocenters. The van der Waals surface area contributed by atoms with Crippen molar-refractivity contribution in [2.45, 2.75) is 130 Å². The molecule has 0 radical (unpaired) electrons. The number of thioether (sulfide) groups is 2. The second-order valence-electron chi connectivity index (χ2n) is 10.8. The van der Waals surface area contributed by atoms with Gasteiger partial charge in [-0.1, -0.05) is 94.1 Å². The molecule has 0 bridgehead atoms. The Morgan fingerprint density at radius 2 is 1.46 bits per heavy atom. The Kier molecular flexibility index (Phi) is 16.3. The van der Waals surface area contributed by atoms with Crippen LogP contribution in [0, 0.1) is 0 Å². The molecular formula is C30H50O3S2. The van der Waals surface area contributed by atoms with Gasteiger partial charge < -0.3 is 4.74 Å². The highest BCUT2D eigenvalue weighted by Gasteiger charge is 2.22. The van der Waals surface area contributed by atoms with Crippen LogP contribution < -0.4 is 0 Å². The van der Waals surface area contributed by atoms with Gasteiger partial charge >= 0.3 is 0 Å². The molecule has 1 aromatic carbocycles. The van der Waals surface area contributed by atoms with Crippen molar-refractivity contribution in [3.8, 4) is 0 Å². The number of aryl methyl sites for hydroxylation is 2. The molecule has 35 heavy (non-hydrogen) atoms. The summed E-state index contributed by atoms with van der Waals surface area (Å²) >= 11 is 2.78. The number of unbranched alkanes of at least 4 members (excludes halogenated alkanes) is 5. The maximum Gasteiger partial charge on any atom is 0.185 e. The van der Waals surface area contributed by atoms with E-state index in [1.807, 2.05) is 0 Å². The highest BCUT2D eigenvalue weighted by atomic mass is 32.2. The molecule has 0 saturated heterocycles. The van der Waals surface area contributed by atoms with Gasteiger partial charge in [0.25, 0.3) is 0 Å². The first-order valence-electron chi connectivity index (χ1n) is 13.6. The van der Waals surface area contributed by atoms with Crippen LogP contribution in [0.4, 0.5) is 0 Å². The monoisotopic (exact) mass is 522 g/mol. The fourth-order valence-electron chi connectivity index (χ4n) is 4.45. The number of hydrogen-bond donors (Lipinski definition) is 0. The van der Waals surface area contributed by atoms with Crippen molar-refractivity contribution in [1.29, 1.82) is 0 Å². The summed E-state index contributed by atoms with van der Waals surface area (Å²) in [6.07, 6.45) is 12.0. The lowest BCUT2D eigenvalue weighted by Crippen LogP contribution is -2.28. The fraction of sp³-hybridized carbons (Fsp3) is 0.733. The molecule has 2 unspecified atom stereocenters. The summed E-state index contributed by atoms with van der Waals surface area (Å²) in [6, 6.07) is 6.85. The molecule has 1 rings (SSSR count). The predicted octanol–water partition coefficient (Wildman–Crippen LogP) is 8.76. The average Bonchev–Trinajstić information content (AvgIpc) is 2.75. The van der Waals surface area contributed by atoms with Crippen molar-refractivity contribution in [2.75, 3.05) is 11.5 Å². The first-order valence-corrected chi connectivity index (χ1v) is 15.5. The van der Waals surface area contributed by atoms with Crippen molar-refractivity contribution in [3.05, 3.63) is 34.9 Å². The lowest BCUT2D eigenvalue weighted by molar-refractivity contribution is -0.109. The van der Waals surface area contributed by atoms with Crippen LogP contribution in [0.15, 0.2) is 18.2 Å². The van der Waals surface area contributed by atoms with Crippen LogP contribution in [-0.4, -0.2) is 33.4 Å². The Balaban J connectivity index is 2.88. The van der Waals surface area contributed by atoms with Gasteiger partial charge in [-0.05, 0) is 69.1 Å². The molecule has 5 heteroatoms. The fourth-order valence-corrected chi connectivity index (χ4v) is 5.66. The lowest BCUT2D eigenvalue weighted by Gasteiger charge is -2.30. The molecule has 0 spiro atoms. The van der Waals surface area contributed by atoms with Crippen LogP contribution in [0.3, 0.4) is 0 Å². The van der Waals surface area contributed by atoms with E-state index >= 15 is 0 Å². The van der Waals surface area contributed by atoms with Gasteiger partial charge in [0.05, 0.1) is 11.7 Å². The van der Waals surface area contributed by atoms with Gasteiger partial charge in [0.2, 0.25) is 0 Å². The van der Waals surface area contributed by atoms with Crippen LogP contribution >= 0.6 is 23.5 Å². The van der Waals surface area contributed by atoms with E-state index in [0.29, 0.717) is 5.92 Å². The summed E-state index contributed by atoms with van der Waals surface area (Å²) in [4.78, 5) is 22.8. The van der Waals surface area contributed by atoms with Gasteiger partial charge in [-0.2, -0.15) is 0 Å². The minimum Gasteiger partial charge on any atom is -0.373 e. The number of carbonyl (C=O) groups excluding carboxylic acids is 2. The van der Waals surface area contributed by atoms with E-state index in [2.05, 4.69) is 52.8 Å². The minimum absolute atomic E-state index is 0.139. The summed E-state index contributed by atoms with van der Waals surface area (Å²) in [5, 5.41) is 0.333. The molecule has 200 valence electrons. The number of carbonyl (C=O) groups is 2. The molecule has 0 saturated carbocycles. The molecule has 0 N–H and O–H groups in total. The van der Waals surface area contributed by atoms with Gasteiger partial charge in [0.15, 0.2) is 10.2 Å². The third kappa shape index (κ3) is 15.8. The van der Waals surface area contributed by atoms with E-state index in [4.69, 9.17) is 4.74 Å². The minimum atomic E-state index is -0.139. The molecule has 0 fully saturated rings. The molecule has 0 aliphatic carbocycles. The predicted molar refractivity (Wildman–Crippen MR) is 156 cm³/mol. The molecule has 0 aliphatic rings. The maximum absolute atomic E-state index is 11.4. The van der Waals surface area contributed by atoms with Crippen LogP contribution in [0.5, 0.6) is 0 Å². The van der Waals surface area contributed by atoms with Crippen molar-refractivity contribution < 1.29 is 14.3 Å². The van der Waals surface area contributed by atoms with Crippen LogP contribution in [-0.2, 0) is 27.2 Å². The summed E-state index contributed by atoms with van der Waals surface area (Å²) in [5.74, 6) is 2.01. The van der Waals surface area contributed by atoms with Crippen LogP contribution in [0.2, 0.25) is 0 Å². The zero-order valence-electron chi connectivity index (χ0n) is 23.4. The van der Waals surface area contributed by atoms with Crippen molar-refractivity contribution in [3.63, 3.8) is 0 Å². The van der Waals surface area contributed by atoms with Crippen LogP contribution in [0.1, 0.15) is 122 Å². The third-order valence-electron chi connectivity index (χ3n) is 6.17.